The molecule has 1 heterocycles. The fraction of sp³-hybridized carbons (Fsp3) is 0.810. The van der Waals surface area contributed by atoms with E-state index in [-0.39, 0.29) is 36.7 Å². The van der Waals surface area contributed by atoms with E-state index in [1.54, 1.807) is 0 Å². The maximum atomic E-state index is 12.8. The minimum atomic E-state index is -0.822. The first-order valence-corrected chi connectivity index (χ1v) is 11.1. The molecule has 1 saturated heterocycles. The van der Waals surface area contributed by atoms with Crippen molar-refractivity contribution in [1.82, 2.24) is 20.9 Å². The fourth-order valence-corrected chi connectivity index (χ4v) is 4.83. The van der Waals surface area contributed by atoms with Crippen LogP contribution in [0.15, 0.2) is 0 Å². The number of carbonyl (C=O) groups is 4. The third-order valence-electron chi connectivity index (χ3n) is 6.81. The van der Waals surface area contributed by atoms with Crippen molar-refractivity contribution in [1.29, 1.82) is 0 Å². The molecule has 2 aliphatic carbocycles. The third-order valence-corrected chi connectivity index (χ3v) is 6.81. The molecule has 0 bridgehead atoms. The van der Waals surface area contributed by atoms with Gasteiger partial charge in [0, 0.05) is 19.0 Å². The van der Waals surface area contributed by atoms with Gasteiger partial charge in [-0.15, -0.1) is 0 Å². The first kappa shape index (κ1) is 21.6. The Kier molecular flexibility index (Phi) is 7.14. The smallest absolute Gasteiger partial charge is 0.325 e. The van der Waals surface area contributed by atoms with E-state index >= 15 is 0 Å². The molecule has 1 spiro atoms. The Hall–Kier alpha value is -2.12. The largest absolute Gasteiger partial charge is 0.354 e. The van der Waals surface area contributed by atoms with Crippen LogP contribution in [0.1, 0.15) is 71.1 Å². The SMILES string of the molecule is CCC1CCC2(CC1)NC(=O)N(CC(=O)NCCNC(=O)C1CCCCC1)C2=O. The number of amides is 5. The Labute approximate surface area is 172 Å². The predicted molar refractivity (Wildman–Crippen MR) is 108 cm³/mol. The van der Waals surface area contributed by atoms with Gasteiger partial charge in [-0.05, 0) is 44.4 Å². The second-order valence-corrected chi connectivity index (χ2v) is 8.73. The normalized spacial score (nSPS) is 27.8. The molecule has 1 aliphatic heterocycles. The molecule has 0 aromatic heterocycles. The van der Waals surface area contributed by atoms with Gasteiger partial charge in [0.1, 0.15) is 12.1 Å². The lowest BCUT2D eigenvalue weighted by Gasteiger charge is -2.34. The molecule has 8 heteroatoms. The van der Waals surface area contributed by atoms with Crippen molar-refractivity contribution in [3.05, 3.63) is 0 Å². The zero-order chi connectivity index (χ0) is 20.9. The number of imide groups is 1. The lowest BCUT2D eigenvalue weighted by molar-refractivity contribution is -0.136. The van der Waals surface area contributed by atoms with Gasteiger partial charge in [0.05, 0.1) is 0 Å². The van der Waals surface area contributed by atoms with Crippen molar-refractivity contribution in [3.8, 4) is 0 Å². The van der Waals surface area contributed by atoms with E-state index in [4.69, 9.17) is 0 Å². The van der Waals surface area contributed by atoms with E-state index in [1.807, 2.05) is 0 Å². The van der Waals surface area contributed by atoms with Gasteiger partial charge < -0.3 is 16.0 Å². The molecule has 0 aromatic carbocycles. The molecule has 0 atom stereocenters. The summed E-state index contributed by atoms with van der Waals surface area (Å²) in [7, 11) is 0. The molecular formula is C21H34N4O4. The Morgan fingerprint density at radius 3 is 2.34 bits per heavy atom. The summed E-state index contributed by atoms with van der Waals surface area (Å²) in [5.41, 5.74) is -0.822. The number of hydrogen-bond acceptors (Lipinski definition) is 4. The second-order valence-electron chi connectivity index (χ2n) is 8.73. The number of nitrogens with zero attached hydrogens (tertiary/aromatic N) is 1. The fourth-order valence-electron chi connectivity index (χ4n) is 4.83. The van der Waals surface area contributed by atoms with E-state index in [1.165, 1.54) is 6.42 Å². The molecule has 2 saturated carbocycles. The summed E-state index contributed by atoms with van der Waals surface area (Å²) < 4.78 is 0. The third kappa shape index (κ3) is 5.08. The van der Waals surface area contributed by atoms with E-state index < -0.39 is 11.6 Å². The van der Waals surface area contributed by atoms with Crippen LogP contribution in [0.4, 0.5) is 4.79 Å². The van der Waals surface area contributed by atoms with Crippen LogP contribution in [0.3, 0.4) is 0 Å². The van der Waals surface area contributed by atoms with Crippen LogP contribution >= 0.6 is 0 Å². The number of urea groups is 1. The Balaban J connectivity index is 1.39. The van der Waals surface area contributed by atoms with Crippen molar-refractivity contribution < 1.29 is 19.2 Å². The summed E-state index contributed by atoms with van der Waals surface area (Å²) in [5, 5.41) is 8.39. The molecule has 0 unspecified atom stereocenters. The number of hydrogen-bond donors (Lipinski definition) is 3. The van der Waals surface area contributed by atoms with Crippen LogP contribution in [0, 0.1) is 11.8 Å². The maximum absolute atomic E-state index is 12.8. The highest BCUT2D eigenvalue weighted by Crippen LogP contribution is 2.37. The van der Waals surface area contributed by atoms with Crippen molar-refractivity contribution in [3.63, 3.8) is 0 Å². The molecule has 29 heavy (non-hydrogen) atoms. The standard InChI is InChI=1S/C21H34N4O4/c1-2-15-8-10-21(11-9-15)19(28)25(20(29)24-21)14-17(26)22-12-13-23-18(27)16-6-4-3-5-7-16/h15-16H,2-14H2,1H3,(H,22,26)(H,23,27)(H,24,29). The average molecular weight is 407 g/mol. The molecular weight excluding hydrogens is 372 g/mol. The summed E-state index contributed by atoms with van der Waals surface area (Å²) >= 11 is 0. The minimum Gasteiger partial charge on any atom is -0.354 e. The predicted octanol–water partition coefficient (Wildman–Crippen LogP) is 1.69. The average Bonchev–Trinajstić information content (AvgIpc) is 2.96. The molecule has 3 fully saturated rings. The number of nitrogens with one attached hydrogen (secondary N) is 3. The second kappa shape index (κ2) is 9.59. The van der Waals surface area contributed by atoms with Gasteiger partial charge in [-0.3, -0.25) is 19.3 Å². The van der Waals surface area contributed by atoms with Crippen molar-refractivity contribution in [2.75, 3.05) is 19.6 Å². The lowest BCUT2D eigenvalue weighted by Crippen LogP contribution is -2.50. The zero-order valence-corrected chi connectivity index (χ0v) is 17.4. The van der Waals surface area contributed by atoms with E-state index in [2.05, 4.69) is 22.9 Å². The number of carbonyl (C=O) groups excluding carboxylic acids is 4. The highest BCUT2D eigenvalue weighted by Gasteiger charge is 2.52. The molecule has 0 aromatic rings. The molecule has 3 N–H and O–H groups in total. The molecule has 8 nitrogen and oxygen atoms in total. The summed E-state index contributed by atoms with van der Waals surface area (Å²) in [4.78, 5) is 50.5. The van der Waals surface area contributed by atoms with Crippen molar-refractivity contribution >= 4 is 23.8 Å². The molecule has 3 rings (SSSR count). The van der Waals surface area contributed by atoms with Crippen LogP contribution in [0.2, 0.25) is 0 Å². The Morgan fingerprint density at radius 1 is 1.03 bits per heavy atom. The minimum absolute atomic E-state index is 0.0534. The van der Waals surface area contributed by atoms with Gasteiger partial charge in [0.15, 0.2) is 0 Å². The molecule has 5 amide bonds. The van der Waals surface area contributed by atoms with Crippen LogP contribution in [0.5, 0.6) is 0 Å². The van der Waals surface area contributed by atoms with Gasteiger partial charge in [-0.2, -0.15) is 0 Å². The van der Waals surface area contributed by atoms with Crippen LogP contribution < -0.4 is 16.0 Å². The van der Waals surface area contributed by atoms with Crippen LogP contribution in [0.25, 0.3) is 0 Å². The Morgan fingerprint density at radius 2 is 1.69 bits per heavy atom. The van der Waals surface area contributed by atoms with Gasteiger partial charge in [0.25, 0.3) is 5.91 Å². The molecule has 3 aliphatic rings. The summed E-state index contributed by atoms with van der Waals surface area (Å²) in [6.45, 7) is 2.50. The van der Waals surface area contributed by atoms with Gasteiger partial charge in [-0.25, -0.2) is 4.79 Å². The van der Waals surface area contributed by atoms with Crippen molar-refractivity contribution in [2.24, 2.45) is 11.8 Å². The monoisotopic (exact) mass is 406 g/mol. The lowest BCUT2D eigenvalue weighted by atomic mass is 9.75. The van der Waals surface area contributed by atoms with E-state index in [0.717, 1.165) is 49.8 Å². The summed E-state index contributed by atoms with van der Waals surface area (Å²) in [6.07, 6.45) is 9.47. The molecule has 0 radical (unpaired) electrons. The highest BCUT2D eigenvalue weighted by atomic mass is 16.2. The quantitative estimate of drug-likeness (QED) is 0.442. The molecule has 162 valence electrons. The van der Waals surface area contributed by atoms with E-state index in [0.29, 0.717) is 25.3 Å². The Bertz CT molecular complexity index is 637. The maximum Gasteiger partial charge on any atom is 0.325 e. The van der Waals surface area contributed by atoms with Gasteiger partial charge in [0.2, 0.25) is 11.8 Å². The van der Waals surface area contributed by atoms with Crippen LogP contribution in [-0.4, -0.2) is 53.8 Å². The van der Waals surface area contributed by atoms with Crippen molar-refractivity contribution in [2.45, 2.75) is 76.7 Å². The number of rotatable bonds is 7. The first-order chi connectivity index (χ1) is 13.9. The summed E-state index contributed by atoms with van der Waals surface area (Å²) in [5.74, 6) is 0.0750. The first-order valence-electron chi connectivity index (χ1n) is 11.1. The zero-order valence-electron chi connectivity index (χ0n) is 17.4. The summed E-state index contributed by atoms with van der Waals surface area (Å²) in [6, 6.07) is -0.481. The highest BCUT2D eigenvalue weighted by molar-refractivity contribution is 6.09. The van der Waals surface area contributed by atoms with Gasteiger partial charge in [-0.1, -0.05) is 32.6 Å². The topological polar surface area (TPSA) is 108 Å². The van der Waals surface area contributed by atoms with Gasteiger partial charge >= 0.3 is 6.03 Å². The van der Waals surface area contributed by atoms with Crippen LogP contribution in [-0.2, 0) is 14.4 Å². The van der Waals surface area contributed by atoms with E-state index in [9.17, 15) is 19.2 Å².